The van der Waals surface area contributed by atoms with Gasteiger partial charge in [0, 0.05) is 11.0 Å². The molecule has 0 spiro atoms. The van der Waals surface area contributed by atoms with Gasteiger partial charge in [-0.2, -0.15) is 0 Å². The molecular weight excluding hydrogens is 366 g/mol. The van der Waals surface area contributed by atoms with Crippen molar-refractivity contribution in [3.8, 4) is 0 Å². The van der Waals surface area contributed by atoms with Crippen LogP contribution in [0.2, 0.25) is 0 Å². The van der Waals surface area contributed by atoms with Crippen LogP contribution in [0.4, 0.5) is 0 Å². The van der Waals surface area contributed by atoms with E-state index in [-0.39, 0.29) is 12.0 Å². The molecule has 2 unspecified atom stereocenters. The molecule has 1 aliphatic heterocycles. The lowest BCUT2D eigenvalue weighted by molar-refractivity contribution is -0.143. The van der Waals surface area contributed by atoms with Crippen LogP contribution in [-0.2, 0) is 4.79 Å². The third kappa shape index (κ3) is 3.70. The highest BCUT2D eigenvalue weighted by Gasteiger charge is 2.31. The third-order valence-corrected chi connectivity index (χ3v) is 5.45. The Morgan fingerprint density at radius 1 is 1.25 bits per heavy atom. The number of carboxylic acids is 1. The molecule has 1 saturated heterocycles. The van der Waals surface area contributed by atoms with E-state index in [1.54, 1.807) is 0 Å². The van der Waals surface area contributed by atoms with Gasteiger partial charge in [-0.15, -0.1) is 0 Å². The van der Waals surface area contributed by atoms with Crippen molar-refractivity contribution in [1.82, 2.24) is 4.90 Å². The zero-order valence-corrected chi connectivity index (χ0v) is 15.4. The molecule has 0 radical (unpaired) electrons. The Balaban J connectivity index is 2.02. The molecule has 2 aromatic rings. The molecule has 4 heteroatoms. The number of rotatable bonds is 4. The molecule has 2 atom stereocenters. The molecule has 3 nitrogen and oxygen atoms in total. The van der Waals surface area contributed by atoms with Crippen LogP contribution in [0.5, 0.6) is 0 Å². The van der Waals surface area contributed by atoms with Crippen molar-refractivity contribution < 1.29 is 9.90 Å². The second-order valence-corrected chi connectivity index (χ2v) is 7.36. The first kappa shape index (κ1) is 17.2. The van der Waals surface area contributed by atoms with E-state index in [2.05, 4.69) is 64.2 Å². The molecule has 1 fully saturated rings. The molecule has 3 rings (SSSR count). The van der Waals surface area contributed by atoms with Crippen molar-refractivity contribution in [1.29, 1.82) is 0 Å². The van der Waals surface area contributed by atoms with Gasteiger partial charge >= 0.3 is 5.97 Å². The maximum atomic E-state index is 11.5. The summed E-state index contributed by atoms with van der Waals surface area (Å²) in [4.78, 5) is 13.8. The second kappa shape index (κ2) is 7.49. The number of carbonyl (C=O) groups is 1. The predicted molar refractivity (Wildman–Crippen MR) is 99.1 cm³/mol. The lowest BCUT2D eigenvalue weighted by Gasteiger charge is -2.38. The SMILES string of the molecule is Cc1cccc(C(c2ccccc2Br)N2CCCC(C(=O)O)C2)c1. The summed E-state index contributed by atoms with van der Waals surface area (Å²) in [7, 11) is 0. The van der Waals surface area contributed by atoms with E-state index in [1.807, 2.05) is 12.1 Å². The predicted octanol–water partition coefficient (Wildman–Crippen LogP) is 4.64. The molecule has 1 aliphatic rings. The Bertz CT molecular complexity index is 731. The van der Waals surface area contributed by atoms with Crippen LogP contribution in [0.1, 0.15) is 35.6 Å². The van der Waals surface area contributed by atoms with Crippen molar-refractivity contribution in [2.45, 2.75) is 25.8 Å². The first-order valence-corrected chi connectivity index (χ1v) is 9.13. The van der Waals surface area contributed by atoms with E-state index in [4.69, 9.17) is 0 Å². The molecule has 126 valence electrons. The Hall–Kier alpha value is -1.65. The molecule has 0 aromatic heterocycles. The van der Waals surface area contributed by atoms with Gasteiger partial charge in [-0.1, -0.05) is 64.0 Å². The molecule has 24 heavy (non-hydrogen) atoms. The average Bonchev–Trinajstić information content (AvgIpc) is 2.57. The van der Waals surface area contributed by atoms with E-state index in [0.29, 0.717) is 6.54 Å². The minimum Gasteiger partial charge on any atom is -0.481 e. The van der Waals surface area contributed by atoms with Gasteiger partial charge in [0.25, 0.3) is 0 Å². The lowest BCUT2D eigenvalue weighted by atomic mass is 9.91. The maximum absolute atomic E-state index is 11.5. The Morgan fingerprint density at radius 3 is 2.75 bits per heavy atom. The van der Waals surface area contributed by atoms with Crippen molar-refractivity contribution in [2.75, 3.05) is 13.1 Å². The molecule has 0 saturated carbocycles. The summed E-state index contributed by atoms with van der Waals surface area (Å²) in [5.41, 5.74) is 3.62. The van der Waals surface area contributed by atoms with Crippen LogP contribution < -0.4 is 0 Å². The second-order valence-electron chi connectivity index (χ2n) is 6.51. The van der Waals surface area contributed by atoms with Gasteiger partial charge in [0.05, 0.1) is 12.0 Å². The lowest BCUT2D eigenvalue weighted by Crippen LogP contribution is -2.41. The Labute approximate surface area is 151 Å². The van der Waals surface area contributed by atoms with Gasteiger partial charge < -0.3 is 5.11 Å². The molecule has 1 heterocycles. The van der Waals surface area contributed by atoms with Crippen molar-refractivity contribution in [3.63, 3.8) is 0 Å². The van der Waals surface area contributed by atoms with Crippen molar-refractivity contribution in [3.05, 3.63) is 69.7 Å². The largest absolute Gasteiger partial charge is 0.481 e. The minimum atomic E-state index is -0.685. The monoisotopic (exact) mass is 387 g/mol. The van der Waals surface area contributed by atoms with Crippen LogP contribution in [0.25, 0.3) is 0 Å². The van der Waals surface area contributed by atoms with Gasteiger partial charge in [-0.3, -0.25) is 9.69 Å². The van der Waals surface area contributed by atoms with Crippen molar-refractivity contribution >= 4 is 21.9 Å². The van der Waals surface area contributed by atoms with Crippen LogP contribution in [-0.4, -0.2) is 29.1 Å². The summed E-state index contributed by atoms with van der Waals surface area (Å²) in [6, 6.07) is 16.8. The smallest absolute Gasteiger partial charge is 0.307 e. The van der Waals surface area contributed by atoms with Gasteiger partial charge in [-0.05, 0) is 43.5 Å². The number of halogens is 1. The number of nitrogens with zero attached hydrogens (tertiary/aromatic N) is 1. The third-order valence-electron chi connectivity index (χ3n) is 4.72. The first-order chi connectivity index (χ1) is 11.6. The fraction of sp³-hybridized carbons (Fsp3) is 0.350. The number of hydrogen-bond donors (Lipinski definition) is 1. The number of hydrogen-bond acceptors (Lipinski definition) is 2. The number of piperidine rings is 1. The Kier molecular flexibility index (Phi) is 5.36. The quantitative estimate of drug-likeness (QED) is 0.830. The van der Waals surface area contributed by atoms with E-state index in [9.17, 15) is 9.90 Å². The van der Waals surface area contributed by atoms with Gasteiger partial charge in [0.2, 0.25) is 0 Å². The minimum absolute atomic E-state index is 0.0719. The number of likely N-dealkylation sites (tertiary alicyclic amines) is 1. The standard InChI is InChI=1S/C20H22BrNO2/c1-14-6-4-7-15(12-14)19(17-9-2-3-10-18(17)21)22-11-5-8-16(13-22)20(23)24/h2-4,6-7,9-10,12,16,19H,5,8,11,13H2,1H3,(H,23,24). The van der Waals surface area contributed by atoms with E-state index >= 15 is 0 Å². The highest BCUT2D eigenvalue weighted by atomic mass is 79.9. The summed E-state index contributed by atoms with van der Waals surface area (Å²) >= 11 is 3.68. The topological polar surface area (TPSA) is 40.5 Å². The highest BCUT2D eigenvalue weighted by Crippen LogP contribution is 2.36. The Morgan fingerprint density at radius 2 is 2.04 bits per heavy atom. The number of benzene rings is 2. The number of carboxylic acid groups (broad SMARTS) is 1. The summed E-state index contributed by atoms with van der Waals surface area (Å²) in [5.74, 6) is -0.969. The first-order valence-electron chi connectivity index (χ1n) is 8.34. The number of aryl methyl sites for hydroxylation is 1. The van der Waals surface area contributed by atoms with Crippen LogP contribution >= 0.6 is 15.9 Å². The summed E-state index contributed by atoms with van der Waals surface area (Å²) in [6.45, 7) is 3.61. The van der Waals surface area contributed by atoms with E-state index < -0.39 is 5.97 Å². The van der Waals surface area contributed by atoms with Crippen LogP contribution in [0, 0.1) is 12.8 Å². The normalized spacial score (nSPS) is 19.8. The molecule has 0 amide bonds. The van der Waals surface area contributed by atoms with Crippen LogP contribution in [0.15, 0.2) is 53.0 Å². The van der Waals surface area contributed by atoms with Crippen LogP contribution in [0.3, 0.4) is 0 Å². The molecule has 1 N–H and O–H groups in total. The zero-order valence-electron chi connectivity index (χ0n) is 13.8. The number of aliphatic carboxylic acids is 1. The fourth-order valence-corrected chi connectivity index (χ4v) is 4.07. The summed E-state index contributed by atoms with van der Waals surface area (Å²) in [5, 5.41) is 9.44. The average molecular weight is 388 g/mol. The molecular formula is C20H22BrNO2. The van der Waals surface area contributed by atoms with Gasteiger partial charge in [0.1, 0.15) is 0 Å². The highest BCUT2D eigenvalue weighted by molar-refractivity contribution is 9.10. The van der Waals surface area contributed by atoms with E-state index in [1.165, 1.54) is 16.7 Å². The molecule has 2 aromatic carbocycles. The summed E-state index contributed by atoms with van der Waals surface area (Å²) < 4.78 is 1.06. The fourth-order valence-electron chi connectivity index (χ4n) is 3.57. The maximum Gasteiger partial charge on any atom is 0.307 e. The van der Waals surface area contributed by atoms with E-state index in [0.717, 1.165) is 23.9 Å². The molecule has 0 bridgehead atoms. The molecule has 0 aliphatic carbocycles. The van der Waals surface area contributed by atoms with Gasteiger partial charge in [0.15, 0.2) is 0 Å². The van der Waals surface area contributed by atoms with Crippen molar-refractivity contribution in [2.24, 2.45) is 5.92 Å². The van der Waals surface area contributed by atoms with Gasteiger partial charge in [-0.25, -0.2) is 0 Å². The zero-order chi connectivity index (χ0) is 17.1. The summed E-state index contributed by atoms with van der Waals surface area (Å²) in [6.07, 6.45) is 1.69.